The van der Waals surface area contributed by atoms with Crippen LogP contribution in [0.1, 0.15) is 18.1 Å². The molecule has 1 heterocycles. The number of aryl methyl sites for hydroxylation is 1. The number of ether oxygens (including phenoxy) is 2. The zero-order valence-electron chi connectivity index (χ0n) is 17.4. The summed E-state index contributed by atoms with van der Waals surface area (Å²) in [5.41, 5.74) is 1.27. The standard InChI is InChI=1S/C23H20BrClN2O5/c1-4-8-32-20-17(25)11-14(12-19(20)31-5-2)10-16-21(28)26-23(30)27(22(16)29)18-7-6-15(24)9-13(18)3/h4,6-7,9-12H,1,5,8H2,2-3H3,(H,26,28,30)/b16-10-. The van der Waals surface area contributed by atoms with E-state index in [0.717, 1.165) is 9.37 Å². The molecule has 4 amide bonds. The van der Waals surface area contributed by atoms with E-state index in [4.69, 9.17) is 21.1 Å². The number of amides is 4. The molecule has 166 valence electrons. The zero-order chi connectivity index (χ0) is 23.4. The Bertz CT molecular complexity index is 1150. The minimum atomic E-state index is -0.816. The molecule has 2 aromatic rings. The Morgan fingerprint density at radius 3 is 2.59 bits per heavy atom. The van der Waals surface area contributed by atoms with Crippen molar-refractivity contribution < 1.29 is 23.9 Å². The fourth-order valence-corrected chi connectivity index (χ4v) is 3.88. The molecule has 0 bridgehead atoms. The molecule has 9 heteroatoms. The number of imide groups is 2. The van der Waals surface area contributed by atoms with Crippen LogP contribution >= 0.6 is 27.5 Å². The number of anilines is 1. The van der Waals surface area contributed by atoms with Crippen LogP contribution in [0.15, 0.2) is 53.0 Å². The maximum atomic E-state index is 13.2. The number of carbonyl (C=O) groups excluding carboxylic acids is 3. The number of hydrogen-bond acceptors (Lipinski definition) is 5. The van der Waals surface area contributed by atoms with Crippen LogP contribution in [-0.4, -0.2) is 31.1 Å². The Morgan fingerprint density at radius 1 is 1.19 bits per heavy atom. The minimum Gasteiger partial charge on any atom is -0.490 e. The van der Waals surface area contributed by atoms with E-state index in [1.165, 1.54) is 6.08 Å². The molecule has 0 aliphatic carbocycles. The molecule has 1 N–H and O–H groups in total. The van der Waals surface area contributed by atoms with Gasteiger partial charge in [0.05, 0.1) is 17.3 Å². The molecule has 1 saturated heterocycles. The highest BCUT2D eigenvalue weighted by molar-refractivity contribution is 9.10. The number of halogens is 2. The molecular weight excluding hydrogens is 500 g/mol. The van der Waals surface area contributed by atoms with Crippen molar-refractivity contribution in [2.24, 2.45) is 0 Å². The minimum absolute atomic E-state index is 0.217. The first kappa shape index (κ1) is 23.6. The fraction of sp³-hybridized carbons (Fsp3) is 0.174. The van der Waals surface area contributed by atoms with Crippen LogP contribution in [0.4, 0.5) is 10.5 Å². The van der Waals surface area contributed by atoms with Crippen molar-refractivity contribution in [3.63, 3.8) is 0 Å². The van der Waals surface area contributed by atoms with Gasteiger partial charge in [-0.15, -0.1) is 0 Å². The third-order valence-electron chi connectivity index (χ3n) is 4.49. The molecular formula is C23H20BrClN2O5. The van der Waals surface area contributed by atoms with Crippen molar-refractivity contribution in [3.05, 3.63) is 69.2 Å². The molecule has 1 aliphatic rings. The van der Waals surface area contributed by atoms with Crippen LogP contribution in [0.25, 0.3) is 6.08 Å². The molecule has 7 nitrogen and oxygen atoms in total. The Hall–Kier alpha value is -3.10. The predicted molar refractivity (Wildman–Crippen MR) is 126 cm³/mol. The van der Waals surface area contributed by atoms with Gasteiger partial charge in [-0.3, -0.25) is 14.9 Å². The van der Waals surface area contributed by atoms with Gasteiger partial charge in [-0.1, -0.05) is 40.2 Å². The van der Waals surface area contributed by atoms with Crippen LogP contribution in [0.3, 0.4) is 0 Å². The Morgan fingerprint density at radius 2 is 1.94 bits per heavy atom. The van der Waals surface area contributed by atoms with Crippen molar-refractivity contribution in [3.8, 4) is 11.5 Å². The summed E-state index contributed by atoms with van der Waals surface area (Å²) in [5, 5.41) is 2.45. The van der Waals surface area contributed by atoms with Gasteiger partial charge in [0.15, 0.2) is 11.5 Å². The summed E-state index contributed by atoms with van der Waals surface area (Å²) < 4.78 is 12.0. The number of urea groups is 1. The van der Waals surface area contributed by atoms with Gasteiger partial charge < -0.3 is 9.47 Å². The third-order valence-corrected chi connectivity index (χ3v) is 5.26. The lowest BCUT2D eigenvalue weighted by molar-refractivity contribution is -0.122. The number of rotatable bonds is 7. The molecule has 0 unspecified atom stereocenters. The second-order valence-electron chi connectivity index (χ2n) is 6.75. The number of nitrogens with one attached hydrogen (secondary N) is 1. The SMILES string of the molecule is C=CCOc1c(Cl)cc(/C=C2/C(=O)NC(=O)N(c3ccc(Br)cc3C)C2=O)cc1OCC. The van der Waals surface area contributed by atoms with Gasteiger partial charge in [0.2, 0.25) is 0 Å². The lowest BCUT2D eigenvalue weighted by Gasteiger charge is -2.27. The number of hydrogen-bond donors (Lipinski definition) is 1. The first-order chi connectivity index (χ1) is 15.3. The summed E-state index contributed by atoms with van der Waals surface area (Å²) in [6.45, 7) is 7.75. The lowest BCUT2D eigenvalue weighted by Crippen LogP contribution is -2.54. The molecule has 32 heavy (non-hydrogen) atoms. The Balaban J connectivity index is 2.04. The van der Waals surface area contributed by atoms with Crippen LogP contribution < -0.4 is 19.7 Å². The van der Waals surface area contributed by atoms with E-state index in [1.54, 1.807) is 50.3 Å². The van der Waals surface area contributed by atoms with E-state index in [-0.39, 0.29) is 17.2 Å². The smallest absolute Gasteiger partial charge is 0.335 e. The van der Waals surface area contributed by atoms with Gasteiger partial charge in [0.25, 0.3) is 11.8 Å². The summed E-state index contributed by atoms with van der Waals surface area (Å²) in [7, 11) is 0. The van der Waals surface area contributed by atoms with Gasteiger partial charge >= 0.3 is 6.03 Å². The molecule has 3 rings (SSSR count). The van der Waals surface area contributed by atoms with Crippen LogP contribution in [0, 0.1) is 6.92 Å². The van der Waals surface area contributed by atoms with Crippen molar-refractivity contribution >= 4 is 57.1 Å². The molecule has 1 fully saturated rings. The van der Waals surface area contributed by atoms with E-state index in [9.17, 15) is 14.4 Å². The molecule has 0 spiro atoms. The number of carbonyl (C=O) groups is 3. The van der Waals surface area contributed by atoms with Crippen molar-refractivity contribution in [1.29, 1.82) is 0 Å². The molecule has 2 aromatic carbocycles. The highest BCUT2D eigenvalue weighted by atomic mass is 79.9. The fourth-order valence-electron chi connectivity index (χ4n) is 3.13. The van der Waals surface area contributed by atoms with Crippen LogP contribution in [0.2, 0.25) is 5.02 Å². The van der Waals surface area contributed by atoms with Crippen molar-refractivity contribution in [1.82, 2.24) is 5.32 Å². The monoisotopic (exact) mass is 518 g/mol. The topological polar surface area (TPSA) is 84.9 Å². The zero-order valence-corrected chi connectivity index (χ0v) is 19.7. The van der Waals surface area contributed by atoms with E-state index in [0.29, 0.717) is 34.9 Å². The second-order valence-corrected chi connectivity index (χ2v) is 8.07. The summed E-state index contributed by atoms with van der Waals surface area (Å²) in [4.78, 5) is 39.0. The molecule has 0 aromatic heterocycles. The first-order valence-corrected chi connectivity index (χ1v) is 10.8. The molecule has 0 atom stereocenters. The third kappa shape index (κ3) is 4.87. The predicted octanol–water partition coefficient (Wildman–Crippen LogP) is 5.04. The van der Waals surface area contributed by atoms with Crippen LogP contribution in [0.5, 0.6) is 11.5 Å². The highest BCUT2D eigenvalue weighted by Gasteiger charge is 2.37. The van der Waals surface area contributed by atoms with Crippen molar-refractivity contribution in [2.75, 3.05) is 18.1 Å². The van der Waals surface area contributed by atoms with E-state index >= 15 is 0 Å². The maximum absolute atomic E-state index is 13.2. The largest absolute Gasteiger partial charge is 0.490 e. The Labute approximate surface area is 198 Å². The quantitative estimate of drug-likeness (QED) is 0.315. The van der Waals surface area contributed by atoms with Gasteiger partial charge in [0.1, 0.15) is 12.2 Å². The first-order valence-electron chi connectivity index (χ1n) is 9.64. The highest BCUT2D eigenvalue weighted by Crippen LogP contribution is 2.37. The Kier molecular flexibility index (Phi) is 7.37. The number of nitrogens with zero attached hydrogens (tertiary/aromatic N) is 1. The number of benzene rings is 2. The average Bonchev–Trinajstić information content (AvgIpc) is 2.72. The second kappa shape index (κ2) is 10.0. The van der Waals surface area contributed by atoms with Crippen molar-refractivity contribution in [2.45, 2.75) is 13.8 Å². The van der Waals surface area contributed by atoms with Gasteiger partial charge in [0, 0.05) is 4.47 Å². The molecule has 0 radical (unpaired) electrons. The molecule has 0 saturated carbocycles. The van der Waals surface area contributed by atoms with Gasteiger partial charge in [-0.05, 0) is 61.4 Å². The summed E-state index contributed by atoms with van der Waals surface area (Å²) in [6, 6.07) is 7.43. The van der Waals surface area contributed by atoms with E-state index in [1.807, 2.05) is 0 Å². The van der Waals surface area contributed by atoms with E-state index in [2.05, 4.69) is 27.8 Å². The summed E-state index contributed by atoms with van der Waals surface area (Å²) in [5.74, 6) is -0.858. The summed E-state index contributed by atoms with van der Waals surface area (Å²) >= 11 is 9.71. The normalized spacial score (nSPS) is 15.1. The maximum Gasteiger partial charge on any atom is 0.335 e. The number of barbiturate groups is 1. The molecule has 1 aliphatic heterocycles. The van der Waals surface area contributed by atoms with Gasteiger partial charge in [-0.2, -0.15) is 0 Å². The van der Waals surface area contributed by atoms with Gasteiger partial charge in [-0.25, -0.2) is 9.69 Å². The lowest BCUT2D eigenvalue weighted by atomic mass is 10.1. The average molecular weight is 520 g/mol. The van der Waals surface area contributed by atoms with E-state index < -0.39 is 17.8 Å². The summed E-state index contributed by atoms with van der Waals surface area (Å²) in [6.07, 6.45) is 2.93. The van der Waals surface area contributed by atoms with Crippen LogP contribution in [-0.2, 0) is 9.59 Å².